The number of carbonyl (C=O) groups excluding carboxylic acids is 1. The van der Waals surface area contributed by atoms with Crippen LogP contribution in [0.2, 0.25) is 0 Å². The van der Waals surface area contributed by atoms with E-state index in [1.165, 1.54) is 6.07 Å². The fourth-order valence-electron chi connectivity index (χ4n) is 1.63. The van der Waals surface area contributed by atoms with Crippen molar-refractivity contribution in [1.29, 1.82) is 0 Å². The van der Waals surface area contributed by atoms with Crippen molar-refractivity contribution in [2.75, 3.05) is 6.54 Å². The van der Waals surface area contributed by atoms with Gasteiger partial charge < -0.3 is 5.32 Å². The molecule has 3 heteroatoms. The number of halogens is 1. The summed E-state index contributed by atoms with van der Waals surface area (Å²) in [6.45, 7) is 6.48. The molecular formula is C13H18FNO. The second kappa shape index (κ2) is 5.75. The Bertz CT molecular complexity index is 376. The van der Waals surface area contributed by atoms with Crippen LogP contribution in [0, 0.1) is 12.7 Å². The van der Waals surface area contributed by atoms with E-state index >= 15 is 0 Å². The number of carbonyl (C=O) groups is 1. The van der Waals surface area contributed by atoms with Gasteiger partial charge in [0.15, 0.2) is 5.78 Å². The second-order valence-corrected chi connectivity index (χ2v) is 4.05. The van der Waals surface area contributed by atoms with Crippen LogP contribution < -0.4 is 5.32 Å². The zero-order valence-electron chi connectivity index (χ0n) is 10.0. The Morgan fingerprint density at radius 1 is 1.50 bits per heavy atom. The fraction of sp³-hybridized carbons (Fsp3) is 0.462. The van der Waals surface area contributed by atoms with Gasteiger partial charge in [-0.3, -0.25) is 4.79 Å². The van der Waals surface area contributed by atoms with Gasteiger partial charge in [-0.25, -0.2) is 4.39 Å². The summed E-state index contributed by atoms with van der Waals surface area (Å²) in [5, 5.41) is 3.18. The Morgan fingerprint density at radius 2 is 2.19 bits per heavy atom. The maximum absolute atomic E-state index is 13.0. The summed E-state index contributed by atoms with van der Waals surface area (Å²) >= 11 is 0. The van der Waals surface area contributed by atoms with E-state index in [9.17, 15) is 9.18 Å². The van der Waals surface area contributed by atoms with Gasteiger partial charge in [0.1, 0.15) is 5.82 Å². The third-order valence-corrected chi connectivity index (χ3v) is 2.52. The third kappa shape index (κ3) is 3.42. The van der Waals surface area contributed by atoms with E-state index in [2.05, 4.69) is 5.32 Å². The number of Topliss-reactive ketones (excluding diaryl/α,β-unsaturated/α-hetero) is 1. The molecule has 1 aromatic carbocycles. The van der Waals surface area contributed by atoms with Crippen LogP contribution in [0.3, 0.4) is 0 Å². The maximum atomic E-state index is 13.0. The van der Waals surface area contributed by atoms with Crippen LogP contribution in [-0.4, -0.2) is 18.4 Å². The van der Waals surface area contributed by atoms with E-state index in [1.807, 2.05) is 13.8 Å². The number of aryl methyl sites for hydroxylation is 1. The van der Waals surface area contributed by atoms with Crippen molar-refractivity contribution in [1.82, 2.24) is 5.32 Å². The Labute approximate surface area is 95.9 Å². The second-order valence-electron chi connectivity index (χ2n) is 4.05. The summed E-state index contributed by atoms with van der Waals surface area (Å²) in [6, 6.07) is 4.66. The highest BCUT2D eigenvalue weighted by molar-refractivity contribution is 5.96. The van der Waals surface area contributed by atoms with Crippen molar-refractivity contribution < 1.29 is 9.18 Å². The Morgan fingerprint density at radius 3 is 2.75 bits per heavy atom. The zero-order valence-corrected chi connectivity index (χ0v) is 10.0. The van der Waals surface area contributed by atoms with Crippen LogP contribution in [0.25, 0.3) is 0 Å². The molecule has 0 spiro atoms. The lowest BCUT2D eigenvalue weighted by atomic mass is 10.0. The average Bonchev–Trinajstić information content (AvgIpc) is 2.22. The molecule has 1 N–H and O–H groups in total. The summed E-state index contributed by atoms with van der Waals surface area (Å²) in [5.41, 5.74) is 1.10. The first-order valence-corrected chi connectivity index (χ1v) is 5.57. The first-order chi connectivity index (χ1) is 7.54. The minimum Gasteiger partial charge on any atom is -0.314 e. The van der Waals surface area contributed by atoms with Crippen LogP contribution in [0.5, 0.6) is 0 Å². The minimum absolute atomic E-state index is 0.0524. The van der Waals surface area contributed by atoms with Gasteiger partial charge in [-0.1, -0.05) is 6.92 Å². The molecule has 16 heavy (non-hydrogen) atoms. The van der Waals surface area contributed by atoms with Crippen molar-refractivity contribution in [2.45, 2.75) is 33.2 Å². The number of rotatable bonds is 5. The first-order valence-electron chi connectivity index (χ1n) is 5.57. The summed E-state index contributed by atoms with van der Waals surface area (Å²) in [4.78, 5) is 11.8. The van der Waals surface area contributed by atoms with E-state index in [0.29, 0.717) is 17.5 Å². The number of hydrogen-bond acceptors (Lipinski definition) is 2. The smallest absolute Gasteiger partial charge is 0.164 e. The highest BCUT2D eigenvalue weighted by Crippen LogP contribution is 2.11. The molecule has 0 heterocycles. The van der Waals surface area contributed by atoms with Crippen LogP contribution in [0.15, 0.2) is 18.2 Å². The lowest BCUT2D eigenvalue weighted by Crippen LogP contribution is -2.28. The van der Waals surface area contributed by atoms with Crippen LogP contribution in [0.4, 0.5) is 4.39 Å². The van der Waals surface area contributed by atoms with Crippen LogP contribution >= 0.6 is 0 Å². The van der Waals surface area contributed by atoms with Gasteiger partial charge in [-0.2, -0.15) is 0 Å². The van der Waals surface area contributed by atoms with Crippen molar-refractivity contribution in [2.24, 2.45) is 0 Å². The molecule has 0 aromatic heterocycles. The lowest BCUT2D eigenvalue weighted by molar-refractivity contribution is 0.0971. The van der Waals surface area contributed by atoms with Crippen LogP contribution in [-0.2, 0) is 0 Å². The molecule has 1 atom stereocenters. The van der Waals surface area contributed by atoms with E-state index < -0.39 is 0 Å². The standard InChI is InChI=1S/C13H18FNO/c1-4-15-10(3)8-13(16)11-5-6-12(14)9(2)7-11/h5-7,10,15H,4,8H2,1-3H3. The molecule has 0 amide bonds. The van der Waals surface area contributed by atoms with Gasteiger partial charge in [0, 0.05) is 18.0 Å². The summed E-state index contributed by atoms with van der Waals surface area (Å²) in [7, 11) is 0. The summed E-state index contributed by atoms with van der Waals surface area (Å²) < 4.78 is 13.0. The largest absolute Gasteiger partial charge is 0.314 e. The summed E-state index contributed by atoms with van der Waals surface area (Å²) in [6.07, 6.45) is 0.443. The summed E-state index contributed by atoms with van der Waals surface area (Å²) in [5.74, 6) is -0.215. The molecule has 0 saturated heterocycles. The predicted molar refractivity (Wildman–Crippen MR) is 63.2 cm³/mol. The Kier molecular flexibility index (Phi) is 4.62. The van der Waals surface area contributed by atoms with Gasteiger partial charge in [0.2, 0.25) is 0 Å². The molecule has 0 fully saturated rings. The average molecular weight is 223 g/mol. The minimum atomic E-state index is -0.267. The topological polar surface area (TPSA) is 29.1 Å². The van der Waals surface area contributed by atoms with Crippen molar-refractivity contribution in [3.05, 3.63) is 35.1 Å². The van der Waals surface area contributed by atoms with Crippen LogP contribution in [0.1, 0.15) is 36.2 Å². The predicted octanol–water partition coefficient (Wildman–Crippen LogP) is 2.70. The molecule has 0 bridgehead atoms. The number of ketones is 1. The normalized spacial score (nSPS) is 12.5. The van der Waals surface area contributed by atoms with Gasteiger partial charge in [0.25, 0.3) is 0 Å². The van der Waals surface area contributed by atoms with E-state index in [0.717, 1.165) is 6.54 Å². The van der Waals surface area contributed by atoms with Gasteiger partial charge in [-0.05, 0) is 44.2 Å². The molecule has 1 rings (SSSR count). The molecule has 0 aliphatic rings. The van der Waals surface area contributed by atoms with E-state index in [4.69, 9.17) is 0 Å². The third-order valence-electron chi connectivity index (χ3n) is 2.52. The highest BCUT2D eigenvalue weighted by Gasteiger charge is 2.11. The van der Waals surface area contributed by atoms with Gasteiger partial charge in [-0.15, -0.1) is 0 Å². The quantitative estimate of drug-likeness (QED) is 0.778. The molecular weight excluding hydrogens is 205 g/mol. The highest BCUT2D eigenvalue weighted by atomic mass is 19.1. The molecule has 0 saturated carbocycles. The number of hydrogen-bond donors (Lipinski definition) is 1. The van der Waals surface area contributed by atoms with E-state index in [-0.39, 0.29) is 17.6 Å². The molecule has 0 aliphatic carbocycles. The molecule has 2 nitrogen and oxygen atoms in total. The molecule has 0 aliphatic heterocycles. The first kappa shape index (κ1) is 12.8. The van der Waals surface area contributed by atoms with Gasteiger partial charge >= 0.3 is 0 Å². The van der Waals surface area contributed by atoms with Crippen molar-refractivity contribution in [3.63, 3.8) is 0 Å². The van der Waals surface area contributed by atoms with E-state index in [1.54, 1.807) is 19.1 Å². The maximum Gasteiger partial charge on any atom is 0.164 e. The Balaban J connectivity index is 2.69. The van der Waals surface area contributed by atoms with Gasteiger partial charge in [0.05, 0.1) is 0 Å². The SMILES string of the molecule is CCNC(C)CC(=O)c1ccc(F)c(C)c1. The van der Waals surface area contributed by atoms with Crippen molar-refractivity contribution in [3.8, 4) is 0 Å². The van der Waals surface area contributed by atoms with Crippen molar-refractivity contribution >= 4 is 5.78 Å². The number of nitrogens with one attached hydrogen (secondary N) is 1. The molecule has 1 aromatic rings. The lowest BCUT2D eigenvalue weighted by Gasteiger charge is -2.11. The monoisotopic (exact) mass is 223 g/mol. The Hall–Kier alpha value is -1.22. The zero-order chi connectivity index (χ0) is 12.1. The molecule has 0 radical (unpaired) electrons. The molecule has 1 unspecified atom stereocenters. The molecule has 88 valence electrons. The fourth-order valence-corrected chi connectivity index (χ4v) is 1.63. The number of benzene rings is 1.